The number of morpholine rings is 2. The number of nitrogens with two attached hydrogens (primary N) is 1. The number of anilines is 2. The summed E-state index contributed by atoms with van der Waals surface area (Å²) in [7, 11) is 1.86. The average molecular weight is 471 g/mol. The van der Waals surface area contributed by atoms with Crippen LogP contribution in [-0.4, -0.2) is 108 Å². The molecule has 0 bridgehead atoms. The minimum Gasteiger partial charge on any atom is -0.474 e. The van der Waals surface area contributed by atoms with E-state index in [9.17, 15) is 4.79 Å². The maximum absolute atomic E-state index is 12.7. The summed E-state index contributed by atoms with van der Waals surface area (Å²) in [6.07, 6.45) is 4.77. The molecule has 12 nitrogen and oxygen atoms in total. The molecule has 3 fully saturated rings. The molecule has 5 rings (SSSR count). The fraction of sp³-hybridized carbons (Fsp3) is 0.591. The van der Waals surface area contributed by atoms with Crippen LogP contribution < -0.4 is 15.4 Å². The molecule has 2 N–H and O–H groups in total. The van der Waals surface area contributed by atoms with Crippen molar-refractivity contribution < 1.29 is 19.0 Å². The van der Waals surface area contributed by atoms with Crippen molar-refractivity contribution >= 4 is 17.9 Å². The number of urea groups is 1. The van der Waals surface area contributed by atoms with E-state index in [0.717, 1.165) is 18.4 Å². The summed E-state index contributed by atoms with van der Waals surface area (Å²) in [4.78, 5) is 36.0. The SMILES string of the molecule is CN(C(=O)N1CCOCC1)[C@H]1C[C@H](Oc2cc(-c3cnc(N)nc3)nc(N3CCOCC3)n2)C1. The van der Waals surface area contributed by atoms with Crippen LogP contribution in [0.4, 0.5) is 16.7 Å². The first kappa shape index (κ1) is 22.5. The third-order valence-corrected chi connectivity index (χ3v) is 6.44. The van der Waals surface area contributed by atoms with Gasteiger partial charge < -0.3 is 34.6 Å². The highest BCUT2D eigenvalue weighted by atomic mass is 16.5. The van der Waals surface area contributed by atoms with E-state index < -0.39 is 0 Å². The predicted octanol–water partition coefficient (Wildman–Crippen LogP) is 0.646. The van der Waals surface area contributed by atoms with Crippen LogP contribution in [0.3, 0.4) is 0 Å². The van der Waals surface area contributed by atoms with Crippen molar-refractivity contribution in [2.45, 2.75) is 25.0 Å². The Hall–Kier alpha value is -3.25. The van der Waals surface area contributed by atoms with Gasteiger partial charge in [-0.25, -0.2) is 19.7 Å². The number of carbonyl (C=O) groups is 1. The first-order valence-electron chi connectivity index (χ1n) is 11.6. The highest BCUT2D eigenvalue weighted by Gasteiger charge is 2.37. The third kappa shape index (κ3) is 4.97. The minimum atomic E-state index is -0.0205. The van der Waals surface area contributed by atoms with Crippen molar-refractivity contribution in [1.29, 1.82) is 0 Å². The molecule has 1 aliphatic carbocycles. The van der Waals surface area contributed by atoms with E-state index in [1.165, 1.54) is 0 Å². The zero-order valence-electron chi connectivity index (χ0n) is 19.3. The molecule has 0 unspecified atom stereocenters. The maximum Gasteiger partial charge on any atom is 0.320 e. The highest BCUT2D eigenvalue weighted by molar-refractivity contribution is 5.74. The summed E-state index contributed by atoms with van der Waals surface area (Å²) in [5, 5.41) is 0. The van der Waals surface area contributed by atoms with Crippen molar-refractivity contribution in [2.75, 3.05) is 70.3 Å². The Morgan fingerprint density at radius 2 is 1.71 bits per heavy atom. The van der Waals surface area contributed by atoms with E-state index in [-0.39, 0.29) is 24.1 Å². The average Bonchev–Trinajstić information content (AvgIpc) is 2.86. The Balaban J connectivity index is 1.27. The molecule has 1 saturated carbocycles. The molecule has 0 radical (unpaired) electrons. The summed E-state index contributed by atoms with van der Waals surface area (Å²) in [5.41, 5.74) is 7.04. The van der Waals surface area contributed by atoms with E-state index >= 15 is 0 Å². The van der Waals surface area contributed by atoms with Crippen molar-refractivity contribution in [3.63, 3.8) is 0 Å². The molecule has 34 heavy (non-hydrogen) atoms. The molecule has 2 amide bonds. The van der Waals surface area contributed by atoms with Gasteiger partial charge in [-0.05, 0) is 0 Å². The van der Waals surface area contributed by atoms with Crippen LogP contribution in [0.2, 0.25) is 0 Å². The lowest BCUT2D eigenvalue weighted by Gasteiger charge is -2.42. The van der Waals surface area contributed by atoms with Crippen LogP contribution >= 0.6 is 0 Å². The number of hydrogen-bond acceptors (Lipinski definition) is 10. The molecular formula is C22H30N8O4. The second kappa shape index (κ2) is 9.94. The molecule has 2 aliphatic heterocycles. The van der Waals surface area contributed by atoms with Gasteiger partial charge in [0, 0.05) is 76.1 Å². The highest BCUT2D eigenvalue weighted by Crippen LogP contribution is 2.31. The standard InChI is InChI=1S/C22H30N8O4/c1-28(22(31)30-4-8-33-9-5-30)16-10-17(11-16)34-19-12-18(15-13-24-20(23)25-14-15)26-21(27-19)29-2-6-32-7-3-29/h12-14,16-17H,2-11H2,1H3,(H2,23,24,25)/t16-,17-. The molecule has 2 saturated heterocycles. The topological polar surface area (TPSA) is 132 Å². The van der Waals surface area contributed by atoms with Crippen LogP contribution in [0.15, 0.2) is 18.5 Å². The number of rotatable bonds is 5. The summed E-state index contributed by atoms with van der Waals surface area (Å²) >= 11 is 0. The van der Waals surface area contributed by atoms with Crippen molar-refractivity contribution in [1.82, 2.24) is 29.7 Å². The van der Waals surface area contributed by atoms with Gasteiger partial charge in [0.2, 0.25) is 17.8 Å². The van der Waals surface area contributed by atoms with Crippen molar-refractivity contribution in [2.24, 2.45) is 0 Å². The van der Waals surface area contributed by atoms with Gasteiger partial charge in [0.25, 0.3) is 0 Å². The van der Waals surface area contributed by atoms with Crippen LogP contribution in [0.25, 0.3) is 11.3 Å². The predicted molar refractivity (Wildman–Crippen MR) is 123 cm³/mol. The maximum atomic E-state index is 12.7. The Morgan fingerprint density at radius 3 is 2.38 bits per heavy atom. The van der Waals surface area contributed by atoms with E-state index in [2.05, 4.69) is 19.9 Å². The largest absolute Gasteiger partial charge is 0.474 e. The molecule has 4 heterocycles. The Morgan fingerprint density at radius 1 is 1.06 bits per heavy atom. The fourth-order valence-corrected chi connectivity index (χ4v) is 4.25. The lowest BCUT2D eigenvalue weighted by molar-refractivity contribution is 0.0142. The lowest BCUT2D eigenvalue weighted by Crippen LogP contribution is -2.55. The Kier molecular flexibility index (Phi) is 6.59. The van der Waals surface area contributed by atoms with Gasteiger partial charge in [0.1, 0.15) is 6.10 Å². The van der Waals surface area contributed by atoms with Crippen LogP contribution in [0.1, 0.15) is 12.8 Å². The van der Waals surface area contributed by atoms with E-state index in [1.807, 2.05) is 16.8 Å². The molecule has 3 aliphatic rings. The van der Waals surface area contributed by atoms with Gasteiger partial charge in [-0.15, -0.1) is 0 Å². The number of carbonyl (C=O) groups excluding carboxylic acids is 1. The van der Waals surface area contributed by atoms with E-state index in [0.29, 0.717) is 70.1 Å². The summed E-state index contributed by atoms with van der Waals surface area (Å²) in [6.45, 7) is 5.14. The molecule has 12 heteroatoms. The van der Waals surface area contributed by atoms with Crippen LogP contribution in [0, 0.1) is 0 Å². The smallest absolute Gasteiger partial charge is 0.320 e. The molecule has 2 aromatic rings. The van der Waals surface area contributed by atoms with Gasteiger partial charge in [0.15, 0.2) is 0 Å². The van der Waals surface area contributed by atoms with Crippen LogP contribution in [-0.2, 0) is 9.47 Å². The number of hydrogen-bond donors (Lipinski definition) is 1. The van der Waals surface area contributed by atoms with E-state index in [1.54, 1.807) is 18.5 Å². The zero-order valence-corrected chi connectivity index (χ0v) is 19.3. The molecular weight excluding hydrogens is 440 g/mol. The molecule has 182 valence electrons. The fourth-order valence-electron chi connectivity index (χ4n) is 4.25. The number of nitrogen functional groups attached to an aromatic ring is 1. The van der Waals surface area contributed by atoms with Crippen molar-refractivity contribution in [3.8, 4) is 17.1 Å². The molecule has 2 aromatic heterocycles. The molecule has 0 spiro atoms. The van der Waals surface area contributed by atoms with Crippen molar-refractivity contribution in [3.05, 3.63) is 18.5 Å². The number of ether oxygens (including phenoxy) is 3. The monoisotopic (exact) mass is 470 g/mol. The summed E-state index contributed by atoms with van der Waals surface area (Å²) in [5.74, 6) is 1.29. The minimum absolute atomic E-state index is 0.0205. The summed E-state index contributed by atoms with van der Waals surface area (Å²) < 4.78 is 17.0. The van der Waals surface area contributed by atoms with Gasteiger partial charge in [-0.3, -0.25) is 0 Å². The Labute approximate surface area is 198 Å². The van der Waals surface area contributed by atoms with E-state index in [4.69, 9.17) is 24.9 Å². The zero-order chi connectivity index (χ0) is 23.5. The number of amides is 2. The van der Waals surface area contributed by atoms with Gasteiger partial charge in [0.05, 0.1) is 32.1 Å². The Bertz CT molecular complexity index is 989. The molecule has 0 aromatic carbocycles. The second-order valence-corrected chi connectivity index (χ2v) is 8.68. The van der Waals surface area contributed by atoms with Gasteiger partial charge >= 0.3 is 6.03 Å². The second-order valence-electron chi connectivity index (χ2n) is 8.68. The van der Waals surface area contributed by atoms with Gasteiger partial charge in [-0.1, -0.05) is 0 Å². The van der Waals surface area contributed by atoms with Gasteiger partial charge in [-0.2, -0.15) is 4.98 Å². The first-order chi connectivity index (χ1) is 16.6. The van der Waals surface area contributed by atoms with Crippen LogP contribution in [0.5, 0.6) is 5.88 Å². The first-order valence-corrected chi connectivity index (χ1v) is 11.6. The number of nitrogens with zero attached hydrogens (tertiary/aromatic N) is 7. The quantitative estimate of drug-likeness (QED) is 0.664. The lowest BCUT2D eigenvalue weighted by atomic mass is 9.88. The normalized spacial score (nSPS) is 22.7. The third-order valence-electron chi connectivity index (χ3n) is 6.44. The summed E-state index contributed by atoms with van der Waals surface area (Å²) in [6, 6.07) is 1.99. The number of aromatic nitrogens is 4. The molecule has 0 atom stereocenters.